The summed E-state index contributed by atoms with van der Waals surface area (Å²) in [5.41, 5.74) is 5.40. The molecule has 0 fully saturated rings. The number of anilines is 1. The normalized spacial score (nSPS) is 11.4. The van der Waals surface area contributed by atoms with Crippen LogP contribution >= 0.6 is 0 Å². The van der Waals surface area contributed by atoms with Crippen LogP contribution in [0, 0.1) is 17.5 Å². The Morgan fingerprint density at radius 3 is 2.33 bits per heavy atom. The molecular formula is C13H11F3N2O2S. The molecule has 4 nitrogen and oxygen atoms in total. The second-order valence-electron chi connectivity index (χ2n) is 4.19. The Labute approximate surface area is 119 Å². The maximum Gasteiger partial charge on any atom is 0.264 e. The quantitative estimate of drug-likeness (QED) is 0.909. The molecule has 2 rings (SSSR count). The number of nitrogens with two attached hydrogens (primary N) is 1. The van der Waals surface area contributed by atoms with Crippen LogP contribution in [0.2, 0.25) is 0 Å². The number of sulfonamides is 1. The molecule has 0 unspecified atom stereocenters. The lowest BCUT2D eigenvalue weighted by molar-refractivity contribution is 0.555. The standard InChI is InChI=1S/C13H11F3N2O2S/c14-9-1-3-12(16)13(6-9)21(19,20)18-10-2-4-11(15)8(5-10)7-17/h1-6,18H,7,17H2. The highest BCUT2D eigenvalue weighted by molar-refractivity contribution is 7.92. The monoisotopic (exact) mass is 316 g/mol. The van der Waals surface area contributed by atoms with Gasteiger partial charge in [0.1, 0.15) is 22.3 Å². The van der Waals surface area contributed by atoms with Crippen LogP contribution in [0.3, 0.4) is 0 Å². The average Bonchev–Trinajstić information content (AvgIpc) is 2.43. The van der Waals surface area contributed by atoms with Gasteiger partial charge in [-0.15, -0.1) is 0 Å². The highest BCUT2D eigenvalue weighted by Gasteiger charge is 2.20. The van der Waals surface area contributed by atoms with E-state index in [1.165, 1.54) is 6.07 Å². The molecule has 0 saturated heterocycles. The van der Waals surface area contributed by atoms with E-state index < -0.39 is 32.4 Å². The average molecular weight is 316 g/mol. The zero-order valence-corrected chi connectivity index (χ0v) is 11.4. The van der Waals surface area contributed by atoms with Crippen molar-refractivity contribution >= 4 is 15.7 Å². The lowest BCUT2D eigenvalue weighted by Crippen LogP contribution is -2.15. The Bertz CT molecular complexity index is 779. The van der Waals surface area contributed by atoms with Crippen molar-refractivity contribution in [3.63, 3.8) is 0 Å². The predicted octanol–water partition coefficient (Wildman–Crippen LogP) is 2.36. The fourth-order valence-electron chi connectivity index (χ4n) is 1.69. The van der Waals surface area contributed by atoms with Crippen LogP contribution in [0.4, 0.5) is 18.9 Å². The molecule has 0 aromatic heterocycles. The molecule has 2 aromatic carbocycles. The van der Waals surface area contributed by atoms with Crippen molar-refractivity contribution in [1.29, 1.82) is 0 Å². The van der Waals surface area contributed by atoms with Crippen molar-refractivity contribution in [2.24, 2.45) is 5.73 Å². The first-order valence-electron chi connectivity index (χ1n) is 5.80. The van der Waals surface area contributed by atoms with Gasteiger partial charge in [0.15, 0.2) is 0 Å². The first kappa shape index (κ1) is 15.3. The zero-order chi connectivity index (χ0) is 15.6. The molecule has 0 radical (unpaired) electrons. The topological polar surface area (TPSA) is 72.2 Å². The van der Waals surface area contributed by atoms with Gasteiger partial charge in [0.2, 0.25) is 0 Å². The SMILES string of the molecule is NCc1cc(NS(=O)(=O)c2cc(F)ccc2F)ccc1F. The molecule has 0 amide bonds. The van der Waals surface area contributed by atoms with E-state index in [-0.39, 0.29) is 17.8 Å². The number of hydrogen-bond acceptors (Lipinski definition) is 3. The Morgan fingerprint density at radius 2 is 1.67 bits per heavy atom. The lowest BCUT2D eigenvalue weighted by Gasteiger charge is -2.10. The summed E-state index contributed by atoms with van der Waals surface area (Å²) < 4.78 is 65.9. The molecule has 0 aliphatic heterocycles. The summed E-state index contributed by atoms with van der Waals surface area (Å²) in [6, 6.07) is 5.44. The molecule has 0 saturated carbocycles. The van der Waals surface area contributed by atoms with E-state index in [9.17, 15) is 21.6 Å². The van der Waals surface area contributed by atoms with Crippen LogP contribution in [0.1, 0.15) is 5.56 Å². The Hall–Kier alpha value is -2.06. The van der Waals surface area contributed by atoms with Gasteiger partial charge in [-0.2, -0.15) is 0 Å². The van der Waals surface area contributed by atoms with Crippen LogP contribution in [-0.4, -0.2) is 8.42 Å². The second-order valence-corrected chi connectivity index (χ2v) is 5.84. The van der Waals surface area contributed by atoms with E-state index in [1.807, 2.05) is 4.72 Å². The van der Waals surface area contributed by atoms with Crippen molar-refractivity contribution in [3.05, 3.63) is 59.4 Å². The van der Waals surface area contributed by atoms with Crippen LogP contribution in [0.25, 0.3) is 0 Å². The van der Waals surface area contributed by atoms with Crippen molar-refractivity contribution in [2.45, 2.75) is 11.4 Å². The van der Waals surface area contributed by atoms with Gasteiger partial charge in [-0.05, 0) is 36.4 Å². The third-order valence-electron chi connectivity index (χ3n) is 2.70. The highest BCUT2D eigenvalue weighted by Crippen LogP contribution is 2.21. The van der Waals surface area contributed by atoms with Gasteiger partial charge in [0.25, 0.3) is 10.0 Å². The first-order chi connectivity index (χ1) is 9.83. The summed E-state index contributed by atoms with van der Waals surface area (Å²) in [6.07, 6.45) is 0. The molecule has 0 spiro atoms. The van der Waals surface area contributed by atoms with Gasteiger partial charge in [0, 0.05) is 17.8 Å². The molecular weight excluding hydrogens is 305 g/mol. The molecule has 0 aliphatic carbocycles. The van der Waals surface area contributed by atoms with Crippen LogP contribution in [0.15, 0.2) is 41.3 Å². The van der Waals surface area contributed by atoms with Crippen LogP contribution in [0.5, 0.6) is 0 Å². The van der Waals surface area contributed by atoms with Crippen molar-refractivity contribution in [1.82, 2.24) is 0 Å². The zero-order valence-electron chi connectivity index (χ0n) is 10.6. The molecule has 0 bridgehead atoms. The molecule has 21 heavy (non-hydrogen) atoms. The van der Waals surface area contributed by atoms with Crippen molar-refractivity contribution < 1.29 is 21.6 Å². The summed E-state index contributed by atoms with van der Waals surface area (Å²) in [5, 5.41) is 0. The minimum atomic E-state index is -4.33. The number of halogens is 3. The smallest absolute Gasteiger partial charge is 0.264 e. The number of benzene rings is 2. The fourth-order valence-corrected chi connectivity index (χ4v) is 2.83. The largest absolute Gasteiger partial charge is 0.326 e. The number of hydrogen-bond donors (Lipinski definition) is 2. The summed E-state index contributed by atoms with van der Waals surface area (Å²) >= 11 is 0. The highest BCUT2D eigenvalue weighted by atomic mass is 32.2. The minimum Gasteiger partial charge on any atom is -0.326 e. The van der Waals surface area contributed by atoms with Gasteiger partial charge in [-0.1, -0.05) is 0 Å². The van der Waals surface area contributed by atoms with Gasteiger partial charge in [-0.25, -0.2) is 21.6 Å². The fraction of sp³-hybridized carbons (Fsp3) is 0.0769. The van der Waals surface area contributed by atoms with E-state index >= 15 is 0 Å². The maximum absolute atomic E-state index is 13.5. The lowest BCUT2D eigenvalue weighted by atomic mass is 10.2. The van der Waals surface area contributed by atoms with Gasteiger partial charge < -0.3 is 5.73 Å². The third-order valence-corrected chi connectivity index (χ3v) is 4.10. The third kappa shape index (κ3) is 3.34. The number of rotatable bonds is 4. The summed E-state index contributed by atoms with van der Waals surface area (Å²) in [4.78, 5) is -0.832. The molecule has 3 N–H and O–H groups in total. The van der Waals surface area contributed by atoms with Gasteiger partial charge >= 0.3 is 0 Å². The molecule has 0 heterocycles. The molecule has 2 aromatic rings. The second kappa shape index (κ2) is 5.74. The molecule has 112 valence electrons. The van der Waals surface area contributed by atoms with E-state index in [0.29, 0.717) is 12.1 Å². The van der Waals surface area contributed by atoms with E-state index in [1.54, 1.807) is 0 Å². The molecule has 0 aliphatic rings. The first-order valence-corrected chi connectivity index (χ1v) is 7.28. The van der Waals surface area contributed by atoms with Gasteiger partial charge in [-0.3, -0.25) is 4.72 Å². The van der Waals surface area contributed by atoms with E-state index in [0.717, 1.165) is 18.2 Å². The summed E-state index contributed by atoms with van der Waals surface area (Å²) in [5.74, 6) is -2.57. The van der Waals surface area contributed by atoms with E-state index in [2.05, 4.69) is 0 Å². The molecule has 0 atom stereocenters. The Morgan fingerprint density at radius 1 is 1.00 bits per heavy atom. The van der Waals surface area contributed by atoms with E-state index in [4.69, 9.17) is 5.73 Å². The molecule has 8 heteroatoms. The Kier molecular flexibility index (Phi) is 4.19. The predicted molar refractivity (Wildman–Crippen MR) is 71.5 cm³/mol. The summed E-state index contributed by atoms with van der Waals surface area (Å²) in [6.45, 7) is -0.129. The van der Waals surface area contributed by atoms with Crippen LogP contribution in [-0.2, 0) is 16.6 Å². The maximum atomic E-state index is 13.5. The minimum absolute atomic E-state index is 0.000473. The van der Waals surface area contributed by atoms with Crippen molar-refractivity contribution in [3.8, 4) is 0 Å². The Balaban J connectivity index is 2.40. The van der Waals surface area contributed by atoms with Crippen molar-refractivity contribution in [2.75, 3.05) is 4.72 Å². The van der Waals surface area contributed by atoms with Gasteiger partial charge in [0.05, 0.1) is 0 Å². The summed E-state index contributed by atoms with van der Waals surface area (Å²) in [7, 11) is -4.33. The van der Waals surface area contributed by atoms with Crippen LogP contribution < -0.4 is 10.5 Å². The number of nitrogens with one attached hydrogen (secondary N) is 1.